The van der Waals surface area contributed by atoms with Crippen LogP contribution in [0.4, 0.5) is 0 Å². The van der Waals surface area contributed by atoms with Crippen LogP contribution in [0.2, 0.25) is 0 Å². The highest BCUT2D eigenvalue weighted by molar-refractivity contribution is 9.10. The van der Waals surface area contributed by atoms with Crippen LogP contribution in [-0.4, -0.2) is 15.0 Å². The van der Waals surface area contributed by atoms with Crippen LogP contribution in [0.1, 0.15) is 0 Å². The lowest BCUT2D eigenvalue weighted by molar-refractivity contribution is 1.07. The summed E-state index contributed by atoms with van der Waals surface area (Å²) in [5.41, 5.74) is 5.07. The molecule has 1 aromatic heterocycles. The molecule has 0 spiro atoms. The summed E-state index contributed by atoms with van der Waals surface area (Å²) >= 11 is 3.62. The van der Waals surface area contributed by atoms with Gasteiger partial charge in [0.1, 0.15) is 0 Å². The van der Waals surface area contributed by atoms with E-state index >= 15 is 0 Å². The molecule has 0 atom stereocenters. The topological polar surface area (TPSA) is 38.7 Å². The van der Waals surface area contributed by atoms with E-state index in [4.69, 9.17) is 15.0 Å². The van der Waals surface area contributed by atoms with Crippen LogP contribution in [-0.2, 0) is 0 Å². The molecule has 0 aliphatic heterocycles. The van der Waals surface area contributed by atoms with Crippen molar-refractivity contribution in [3.8, 4) is 45.3 Å². The van der Waals surface area contributed by atoms with Crippen molar-refractivity contribution in [2.75, 3.05) is 0 Å². The fraction of sp³-hybridized carbons (Fsp3) is 0. The van der Waals surface area contributed by atoms with E-state index in [1.165, 1.54) is 0 Å². The molecule has 5 rings (SSSR count). The molecule has 3 nitrogen and oxygen atoms in total. The van der Waals surface area contributed by atoms with Crippen LogP contribution >= 0.6 is 15.9 Å². The molecule has 0 saturated carbocycles. The van der Waals surface area contributed by atoms with E-state index in [1.54, 1.807) is 0 Å². The Kier molecular flexibility index (Phi) is 5.38. The highest BCUT2D eigenvalue weighted by Gasteiger charge is 2.15. The highest BCUT2D eigenvalue weighted by Crippen LogP contribution is 2.34. The van der Waals surface area contributed by atoms with Gasteiger partial charge in [-0.1, -0.05) is 107 Å². The van der Waals surface area contributed by atoms with Crippen molar-refractivity contribution in [1.82, 2.24) is 15.0 Å². The molecule has 0 amide bonds. The van der Waals surface area contributed by atoms with Gasteiger partial charge in [-0.15, -0.1) is 0 Å². The third-order valence-electron chi connectivity index (χ3n) is 5.01. The van der Waals surface area contributed by atoms with Crippen LogP contribution in [0.25, 0.3) is 45.3 Å². The Morgan fingerprint density at radius 1 is 0.419 bits per heavy atom. The van der Waals surface area contributed by atoms with E-state index in [9.17, 15) is 0 Å². The van der Waals surface area contributed by atoms with E-state index in [-0.39, 0.29) is 0 Å². The van der Waals surface area contributed by atoms with E-state index < -0.39 is 0 Å². The molecular formula is C27H18BrN3. The Morgan fingerprint density at radius 2 is 0.871 bits per heavy atom. The van der Waals surface area contributed by atoms with Gasteiger partial charge in [0.15, 0.2) is 17.5 Å². The zero-order chi connectivity index (χ0) is 21.0. The SMILES string of the molecule is Brc1ccc(-c2nc(-c3ccccc3)nc(-c3ccccc3)n2)c(-c2ccccc2)c1. The van der Waals surface area contributed by atoms with Gasteiger partial charge < -0.3 is 0 Å². The zero-order valence-corrected chi connectivity index (χ0v) is 18.2. The van der Waals surface area contributed by atoms with Crippen molar-refractivity contribution >= 4 is 15.9 Å². The predicted molar refractivity (Wildman–Crippen MR) is 129 cm³/mol. The number of hydrogen-bond donors (Lipinski definition) is 0. The second-order valence-corrected chi connectivity index (χ2v) is 8.01. The third-order valence-corrected chi connectivity index (χ3v) is 5.50. The van der Waals surface area contributed by atoms with Crippen LogP contribution in [0, 0.1) is 0 Å². The maximum Gasteiger partial charge on any atom is 0.164 e. The summed E-state index contributed by atoms with van der Waals surface area (Å²) in [4.78, 5) is 14.5. The summed E-state index contributed by atoms with van der Waals surface area (Å²) in [5, 5.41) is 0. The molecule has 0 N–H and O–H groups in total. The average molecular weight is 464 g/mol. The summed E-state index contributed by atoms with van der Waals surface area (Å²) in [6.45, 7) is 0. The van der Waals surface area contributed by atoms with Crippen molar-refractivity contribution in [3.63, 3.8) is 0 Å². The largest absolute Gasteiger partial charge is 0.208 e. The second-order valence-electron chi connectivity index (χ2n) is 7.09. The van der Waals surface area contributed by atoms with Gasteiger partial charge in [0.25, 0.3) is 0 Å². The summed E-state index contributed by atoms with van der Waals surface area (Å²) in [5.74, 6) is 1.97. The molecule has 0 fully saturated rings. The first kappa shape index (κ1) is 19.3. The van der Waals surface area contributed by atoms with Gasteiger partial charge in [0.05, 0.1) is 0 Å². The quantitative estimate of drug-likeness (QED) is 0.280. The molecule has 0 saturated heterocycles. The molecule has 1 heterocycles. The van der Waals surface area contributed by atoms with Gasteiger partial charge in [0, 0.05) is 21.2 Å². The van der Waals surface area contributed by atoms with Crippen LogP contribution in [0.5, 0.6) is 0 Å². The Morgan fingerprint density at radius 3 is 1.39 bits per heavy atom. The first-order valence-electron chi connectivity index (χ1n) is 10.0. The number of halogens is 1. The molecule has 5 aromatic rings. The van der Waals surface area contributed by atoms with Crippen molar-refractivity contribution in [2.24, 2.45) is 0 Å². The minimum Gasteiger partial charge on any atom is -0.208 e. The Balaban J connectivity index is 1.75. The molecule has 0 unspecified atom stereocenters. The third kappa shape index (κ3) is 4.16. The van der Waals surface area contributed by atoms with Crippen molar-refractivity contribution < 1.29 is 0 Å². The Labute approximate surface area is 189 Å². The van der Waals surface area contributed by atoms with Crippen molar-refractivity contribution in [3.05, 3.63) is 114 Å². The van der Waals surface area contributed by atoms with E-state index in [2.05, 4.69) is 40.2 Å². The number of benzene rings is 4. The summed E-state index contributed by atoms with van der Waals surface area (Å²) in [7, 11) is 0. The van der Waals surface area contributed by atoms with E-state index in [1.807, 2.05) is 84.9 Å². The number of aromatic nitrogens is 3. The molecule has 0 radical (unpaired) electrons. The lowest BCUT2D eigenvalue weighted by atomic mass is 9.99. The monoisotopic (exact) mass is 463 g/mol. The molecule has 0 bridgehead atoms. The summed E-state index contributed by atoms with van der Waals surface area (Å²) in [6.07, 6.45) is 0. The zero-order valence-electron chi connectivity index (χ0n) is 16.6. The lowest BCUT2D eigenvalue weighted by Gasteiger charge is -2.12. The molecule has 4 aromatic carbocycles. The fourth-order valence-electron chi connectivity index (χ4n) is 3.50. The Hall–Kier alpha value is -3.63. The molecular weight excluding hydrogens is 446 g/mol. The number of hydrogen-bond acceptors (Lipinski definition) is 3. The van der Waals surface area contributed by atoms with Gasteiger partial charge in [-0.25, -0.2) is 15.0 Å². The first-order valence-corrected chi connectivity index (χ1v) is 10.8. The summed E-state index contributed by atoms with van der Waals surface area (Å²) < 4.78 is 1.01. The van der Waals surface area contributed by atoms with Gasteiger partial charge in [-0.2, -0.15) is 0 Å². The molecule has 4 heteroatoms. The van der Waals surface area contributed by atoms with Gasteiger partial charge >= 0.3 is 0 Å². The molecule has 31 heavy (non-hydrogen) atoms. The standard InChI is InChI=1S/C27H18BrN3/c28-22-16-17-23(24(18-22)19-10-4-1-5-11-19)27-30-25(20-12-6-2-7-13-20)29-26(31-27)21-14-8-3-9-15-21/h1-18H. The highest BCUT2D eigenvalue weighted by atomic mass is 79.9. The smallest absolute Gasteiger partial charge is 0.164 e. The van der Waals surface area contributed by atoms with E-state index in [0.717, 1.165) is 32.3 Å². The van der Waals surface area contributed by atoms with Gasteiger partial charge in [0.2, 0.25) is 0 Å². The van der Waals surface area contributed by atoms with Crippen LogP contribution in [0.3, 0.4) is 0 Å². The summed E-state index contributed by atoms with van der Waals surface area (Å²) in [6, 6.07) is 36.5. The van der Waals surface area contributed by atoms with Crippen LogP contribution < -0.4 is 0 Å². The minimum atomic E-state index is 0.652. The fourth-order valence-corrected chi connectivity index (χ4v) is 3.86. The number of rotatable bonds is 4. The second kappa shape index (κ2) is 8.62. The minimum absolute atomic E-state index is 0.652. The molecule has 0 aliphatic rings. The Bertz CT molecular complexity index is 1260. The maximum absolute atomic E-state index is 4.88. The van der Waals surface area contributed by atoms with Crippen molar-refractivity contribution in [1.29, 1.82) is 0 Å². The normalized spacial score (nSPS) is 10.7. The lowest BCUT2D eigenvalue weighted by Crippen LogP contribution is -2.01. The number of nitrogens with zero attached hydrogens (tertiary/aromatic N) is 3. The molecule has 0 aliphatic carbocycles. The van der Waals surface area contributed by atoms with Gasteiger partial charge in [-0.3, -0.25) is 0 Å². The average Bonchev–Trinajstić information content (AvgIpc) is 2.85. The predicted octanol–water partition coefficient (Wildman–Crippen LogP) is 7.30. The van der Waals surface area contributed by atoms with E-state index in [0.29, 0.717) is 17.5 Å². The maximum atomic E-state index is 4.88. The van der Waals surface area contributed by atoms with Crippen LogP contribution in [0.15, 0.2) is 114 Å². The van der Waals surface area contributed by atoms with Gasteiger partial charge in [-0.05, 0) is 29.3 Å². The molecule has 148 valence electrons. The first-order chi connectivity index (χ1) is 15.3. The van der Waals surface area contributed by atoms with Crippen molar-refractivity contribution in [2.45, 2.75) is 0 Å².